The monoisotopic (exact) mass is 469 g/mol. The van der Waals surface area contributed by atoms with Crippen molar-refractivity contribution in [2.45, 2.75) is 6.54 Å². The molecule has 4 aromatic rings. The first-order valence-electron chi connectivity index (χ1n) is 9.67. The van der Waals surface area contributed by atoms with E-state index in [-0.39, 0.29) is 12.5 Å². The highest BCUT2D eigenvalue weighted by Gasteiger charge is 2.22. The van der Waals surface area contributed by atoms with Gasteiger partial charge in [0.1, 0.15) is 5.75 Å². The highest BCUT2D eigenvalue weighted by atomic mass is 35.5. The maximum atomic E-state index is 13.2. The molecular formula is C23H20ClN3O4S. The van der Waals surface area contributed by atoms with E-state index in [1.54, 1.807) is 61.8 Å². The number of ether oxygens (including phenoxy) is 3. The number of halogens is 1. The first kappa shape index (κ1) is 21.9. The van der Waals surface area contributed by atoms with Crippen LogP contribution in [-0.2, 0) is 11.3 Å². The summed E-state index contributed by atoms with van der Waals surface area (Å²) in [6.07, 6.45) is 3.41. The average molecular weight is 470 g/mol. The van der Waals surface area contributed by atoms with Gasteiger partial charge in [0.05, 0.1) is 31.0 Å². The van der Waals surface area contributed by atoms with E-state index in [0.717, 1.165) is 10.3 Å². The number of hydrogen-bond donors (Lipinski definition) is 0. The Morgan fingerprint density at radius 2 is 1.84 bits per heavy atom. The smallest absolute Gasteiger partial charge is 0.267 e. The molecule has 0 saturated heterocycles. The zero-order valence-corrected chi connectivity index (χ0v) is 19.0. The van der Waals surface area contributed by atoms with Crippen LogP contribution in [0.4, 0.5) is 5.13 Å². The van der Waals surface area contributed by atoms with E-state index in [0.29, 0.717) is 39.5 Å². The van der Waals surface area contributed by atoms with Crippen LogP contribution in [0.3, 0.4) is 0 Å². The van der Waals surface area contributed by atoms with Crippen molar-refractivity contribution in [3.8, 4) is 17.2 Å². The first-order valence-corrected chi connectivity index (χ1v) is 10.9. The van der Waals surface area contributed by atoms with Gasteiger partial charge >= 0.3 is 0 Å². The normalized spacial score (nSPS) is 10.7. The molecule has 2 aromatic heterocycles. The van der Waals surface area contributed by atoms with Crippen LogP contribution in [0.25, 0.3) is 10.2 Å². The number of methoxy groups -OCH3 is 2. The van der Waals surface area contributed by atoms with Crippen LogP contribution in [0, 0.1) is 0 Å². The standard InChI is InChI=1S/C23H20ClN3O4S/c1-29-19-10-18-21(11-20(19)30-2)32-23(26-18)27(13-15-4-3-9-25-12-15)22(28)14-31-17-7-5-16(24)6-8-17/h3-12H,13-14H2,1-2H3. The number of hydrogen-bond acceptors (Lipinski definition) is 7. The SMILES string of the molecule is COc1cc2nc(N(Cc3cccnc3)C(=O)COc3ccc(Cl)cc3)sc2cc1OC. The van der Waals surface area contributed by atoms with E-state index in [2.05, 4.69) is 9.97 Å². The van der Waals surface area contributed by atoms with E-state index >= 15 is 0 Å². The lowest BCUT2D eigenvalue weighted by atomic mass is 10.2. The van der Waals surface area contributed by atoms with Gasteiger partial charge in [0.25, 0.3) is 5.91 Å². The number of amides is 1. The maximum absolute atomic E-state index is 13.2. The van der Waals surface area contributed by atoms with Gasteiger partial charge in [0.2, 0.25) is 0 Å². The number of rotatable bonds is 8. The lowest BCUT2D eigenvalue weighted by molar-refractivity contribution is -0.120. The molecule has 0 saturated carbocycles. The van der Waals surface area contributed by atoms with Gasteiger partial charge in [0, 0.05) is 29.5 Å². The molecule has 2 aromatic carbocycles. The molecule has 0 spiro atoms. The van der Waals surface area contributed by atoms with E-state index < -0.39 is 0 Å². The molecule has 7 nitrogen and oxygen atoms in total. The van der Waals surface area contributed by atoms with E-state index in [4.69, 9.17) is 25.8 Å². The molecule has 0 N–H and O–H groups in total. The first-order chi connectivity index (χ1) is 15.6. The fraction of sp³-hybridized carbons (Fsp3) is 0.174. The molecular weight excluding hydrogens is 450 g/mol. The molecule has 0 radical (unpaired) electrons. The van der Waals surface area contributed by atoms with Crippen LogP contribution < -0.4 is 19.1 Å². The summed E-state index contributed by atoms with van der Waals surface area (Å²) in [7, 11) is 3.15. The zero-order chi connectivity index (χ0) is 22.5. The van der Waals surface area contributed by atoms with Crippen molar-refractivity contribution in [1.82, 2.24) is 9.97 Å². The van der Waals surface area contributed by atoms with Gasteiger partial charge in [-0.1, -0.05) is 29.0 Å². The Morgan fingerprint density at radius 1 is 1.09 bits per heavy atom. The summed E-state index contributed by atoms with van der Waals surface area (Å²) >= 11 is 7.31. The number of nitrogens with zero attached hydrogens (tertiary/aromatic N) is 3. The molecule has 0 fully saturated rings. The lowest BCUT2D eigenvalue weighted by Gasteiger charge is -2.20. The second-order valence-electron chi connectivity index (χ2n) is 6.76. The number of fused-ring (bicyclic) bond motifs is 1. The quantitative estimate of drug-likeness (QED) is 0.362. The largest absolute Gasteiger partial charge is 0.493 e. The van der Waals surface area contributed by atoms with Gasteiger partial charge in [-0.25, -0.2) is 4.98 Å². The minimum atomic E-state index is -0.234. The van der Waals surface area contributed by atoms with Crippen molar-refractivity contribution < 1.29 is 19.0 Å². The number of benzene rings is 2. The molecule has 4 rings (SSSR count). The third-order valence-corrected chi connectivity index (χ3v) is 5.95. The predicted molar refractivity (Wildman–Crippen MR) is 125 cm³/mol. The molecule has 32 heavy (non-hydrogen) atoms. The summed E-state index contributed by atoms with van der Waals surface area (Å²) in [5.74, 6) is 1.50. The molecule has 0 aliphatic heterocycles. The second kappa shape index (κ2) is 9.84. The van der Waals surface area contributed by atoms with Crippen LogP contribution in [0.1, 0.15) is 5.56 Å². The summed E-state index contributed by atoms with van der Waals surface area (Å²) in [6, 6.07) is 14.3. The molecule has 1 amide bonds. The number of carbonyl (C=O) groups excluding carboxylic acids is 1. The Morgan fingerprint density at radius 3 is 2.53 bits per heavy atom. The van der Waals surface area contributed by atoms with E-state index in [1.807, 2.05) is 18.2 Å². The zero-order valence-electron chi connectivity index (χ0n) is 17.4. The van der Waals surface area contributed by atoms with Crippen molar-refractivity contribution in [1.29, 1.82) is 0 Å². The minimum Gasteiger partial charge on any atom is -0.493 e. The van der Waals surface area contributed by atoms with Crippen molar-refractivity contribution >= 4 is 44.2 Å². The number of carbonyl (C=O) groups is 1. The summed E-state index contributed by atoms with van der Waals surface area (Å²) in [5.41, 5.74) is 1.59. The van der Waals surface area contributed by atoms with Gasteiger partial charge < -0.3 is 14.2 Å². The van der Waals surface area contributed by atoms with Crippen LogP contribution in [0.2, 0.25) is 5.02 Å². The molecule has 9 heteroatoms. The number of anilines is 1. The Labute approximate surface area is 194 Å². The van der Waals surface area contributed by atoms with E-state index in [9.17, 15) is 4.79 Å². The topological polar surface area (TPSA) is 73.8 Å². The Bertz CT molecular complexity index is 1170. The van der Waals surface area contributed by atoms with Gasteiger partial charge in [-0.2, -0.15) is 0 Å². The summed E-state index contributed by atoms with van der Waals surface area (Å²) < 4.78 is 17.3. The highest BCUT2D eigenvalue weighted by Crippen LogP contribution is 2.37. The summed E-state index contributed by atoms with van der Waals surface area (Å²) in [6.45, 7) is 0.162. The van der Waals surface area contributed by atoms with Crippen LogP contribution in [0.5, 0.6) is 17.2 Å². The lowest BCUT2D eigenvalue weighted by Crippen LogP contribution is -2.34. The molecule has 0 bridgehead atoms. The van der Waals surface area contributed by atoms with Crippen LogP contribution in [0.15, 0.2) is 60.9 Å². The maximum Gasteiger partial charge on any atom is 0.267 e. The number of pyridine rings is 1. The summed E-state index contributed by atoms with van der Waals surface area (Å²) in [4.78, 5) is 23.6. The third kappa shape index (κ3) is 4.92. The van der Waals surface area contributed by atoms with E-state index in [1.165, 1.54) is 11.3 Å². The minimum absolute atomic E-state index is 0.148. The van der Waals surface area contributed by atoms with Crippen molar-refractivity contribution in [3.05, 3.63) is 71.5 Å². The number of thiazole rings is 1. The molecule has 0 aliphatic rings. The summed E-state index contributed by atoms with van der Waals surface area (Å²) in [5, 5.41) is 1.14. The van der Waals surface area contributed by atoms with Gasteiger partial charge in [-0.3, -0.25) is 14.7 Å². The molecule has 164 valence electrons. The Balaban J connectivity index is 1.63. The van der Waals surface area contributed by atoms with Crippen molar-refractivity contribution in [2.24, 2.45) is 0 Å². The molecule has 0 unspecified atom stereocenters. The molecule has 0 aliphatic carbocycles. The Hall–Kier alpha value is -3.36. The van der Waals surface area contributed by atoms with Gasteiger partial charge in [-0.05, 0) is 35.9 Å². The fourth-order valence-corrected chi connectivity index (χ4v) is 4.17. The van der Waals surface area contributed by atoms with Gasteiger partial charge in [-0.15, -0.1) is 0 Å². The average Bonchev–Trinajstić information content (AvgIpc) is 3.24. The second-order valence-corrected chi connectivity index (χ2v) is 8.20. The Kier molecular flexibility index (Phi) is 6.72. The fourth-order valence-electron chi connectivity index (χ4n) is 3.05. The molecule has 0 atom stereocenters. The van der Waals surface area contributed by atoms with Crippen molar-refractivity contribution in [3.63, 3.8) is 0 Å². The number of aromatic nitrogens is 2. The van der Waals surface area contributed by atoms with Crippen LogP contribution in [-0.4, -0.2) is 36.7 Å². The highest BCUT2D eigenvalue weighted by molar-refractivity contribution is 7.22. The van der Waals surface area contributed by atoms with Crippen molar-refractivity contribution in [2.75, 3.05) is 25.7 Å². The third-order valence-electron chi connectivity index (χ3n) is 4.65. The molecule has 2 heterocycles. The predicted octanol–water partition coefficient (Wildman–Crippen LogP) is 4.97. The van der Waals surface area contributed by atoms with Crippen LogP contribution >= 0.6 is 22.9 Å². The van der Waals surface area contributed by atoms with Gasteiger partial charge in [0.15, 0.2) is 23.2 Å².